The maximum absolute atomic E-state index is 12.3. The summed E-state index contributed by atoms with van der Waals surface area (Å²) in [5, 5.41) is 13.0. The van der Waals surface area contributed by atoms with Crippen LogP contribution in [-0.4, -0.2) is 24.7 Å². The molecule has 0 aromatic heterocycles. The fraction of sp³-hybridized carbons (Fsp3) is 0.350. The van der Waals surface area contributed by atoms with Gasteiger partial charge in [-0.15, -0.1) is 0 Å². The van der Waals surface area contributed by atoms with E-state index in [2.05, 4.69) is 24.4 Å². The number of carbonyl (C=O) groups excluding carboxylic acids is 1. The Kier molecular flexibility index (Phi) is 4.74. The molecule has 0 heterocycles. The average Bonchev–Trinajstić information content (AvgIpc) is 3.37. The Labute approximate surface area is 142 Å². The van der Waals surface area contributed by atoms with Crippen LogP contribution < -0.4 is 10.1 Å². The minimum atomic E-state index is 0.0741. The minimum Gasteiger partial charge on any atom is -0.504 e. The lowest BCUT2D eigenvalue weighted by Crippen LogP contribution is -2.27. The Bertz CT molecular complexity index is 741. The van der Waals surface area contributed by atoms with Crippen LogP contribution in [0.5, 0.6) is 11.5 Å². The van der Waals surface area contributed by atoms with Crippen molar-refractivity contribution in [3.63, 3.8) is 0 Å². The average molecular weight is 325 g/mol. The van der Waals surface area contributed by atoms with Gasteiger partial charge in [0.05, 0.1) is 7.11 Å². The highest BCUT2D eigenvalue weighted by Crippen LogP contribution is 2.48. The Morgan fingerprint density at radius 3 is 2.79 bits per heavy atom. The summed E-state index contributed by atoms with van der Waals surface area (Å²) in [4.78, 5) is 12.3. The van der Waals surface area contributed by atoms with Crippen LogP contribution in [0.15, 0.2) is 42.5 Å². The summed E-state index contributed by atoms with van der Waals surface area (Å²) >= 11 is 0. The van der Waals surface area contributed by atoms with Crippen LogP contribution in [0.1, 0.15) is 29.0 Å². The number of amides is 1. The first-order valence-electron chi connectivity index (χ1n) is 8.30. The fourth-order valence-electron chi connectivity index (χ4n) is 3.22. The molecule has 0 radical (unpaired) electrons. The number of aryl methyl sites for hydroxylation is 1. The van der Waals surface area contributed by atoms with Gasteiger partial charge in [0.2, 0.25) is 5.91 Å². The van der Waals surface area contributed by atoms with Crippen LogP contribution in [0.25, 0.3) is 0 Å². The standard InChI is InChI=1S/C20H23NO3/c1-13-6-3-4-8-15(13)16-12-17(16)20(23)21-11-10-14-7-5-9-18(24-2)19(14)22/h3-9,16-17,22H,10-12H2,1-2H3,(H,21,23)/t16-,17+/m0/s1. The van der Waals surface area contributed by atoms with Crippen LogP contribution in [0.2, 0.25) is 0 Å². The first-order valence-corrected chi connectivity index (χ1v) is 8.30. The predicted octanol–water partition coefficient (Wildman–Crippen LogP) is 3.17. The number of benzene rings is 2. The number of methoxy groups -OCH3 is 1. The van der Waals surface area contributed by atoms with Crippen molar-refractivity contribution in [1.29, 1.82) is 0 Å². The molecule has 0 unspecified atom stereocenters. The third kappa shape index (κ3) is 3.37. The topological polar surface area (TPSA) is 58.6 Å². The smallest absolute Gasteiger partial charge is 0.223 e. The van der Waals surface area contributed by atoms with Gasteiger partial charge in [-0.05, 0) is 48.4 Å². The quantitative estimate of drug-likeness (QED) is 0.857. The molecule has 1 amide bonds. The van der Waals surface area contributed by atoms with E-state index in [1.54, 1.807) is 6.07 Å². The molecule has 4 heteroatoms. The summed E-state index contributed by atoms with van der Waals surface area (Å²) < 4.78 is 5.10. The molecule has 1 fully saturated rings. The van der Waals surface area contributed by atoms with E-state index in [-0.39, 0.29) is 17.6 Å². The number of phenols is 1. The van der Waals surface area contributed by atoms with E-state index in [0.717, 1.165) is 12.0 Å². The van der Waals surface area contributed by atoms with Gasteiger partial charge in [-0.3, -0.25) is 4.79 Å². The fourth-order valence-corrected chi connectivity index (χ4v) is 3.22. The number of carbonyl (C=O) groups is 1. The van der Waals surface area contributed by atoms with Gasteiger partial charge in [-0.25, -0.2) is 0 Å². The summed E-state index contributed by atoms with van der Waals surface area (Å²) in [5.41, 5.74) is 3.31. The van der Waals surface area contributed by atoms with E-state index in [9.17, 15) is 9.90 Å². The van der Waals surface area contributed by atoms with Gasteiger partial charge >= 0.3 is 0 Å². The first-order chi connectivity index (χ1) is 11.6. The monoisotopic (exact) mass is 325 g/mol. The van der Waals surface area contributed by atoms with E-state index in [1.165, 1.54) is 18.2 Å². The number of hydrogen-bond acceptors (Lipinski definition) is 3. The zero-order valence-electron chi connectivity index (χ0n) is 14.1. The van der Waals surface area contributed by atoms with Crippen molar-refractivity contribution in [2.24, 2.45) is 5.92 Å². The molecule has 1 saturated carbocycles. The van der Waals surface area contributed by atoms with Crippen molar-refractivity contribution in [3.05, 3.63) is 59.2 Å². The summed E-state index contributed by atoms with van der Waals surface area (Å²) in [5.74, 6) is 1.13. The molecule has 2 aromatic carbocycles. The van der Waals surface area contributed by atoms with Crippen molar-refractivity contribution >= 4 is 5.91 Å². The highest BCUT2D eigenvalue weighted by molar-refractivity contribution is 5.83. The molecule has 0 aliphatic heterocycles. The molecule has 3 rings (SSSR count). The van der Waals surface area contributed by atoms with Gasteiger partial charge in [-0.2, -0.15) is 0 Å². The van der Waals surface area contributed by atoms with Crippen molar-refractivity contribution < 1.29 is 14.6 Å². The van der Waals surface area contributed by atoms with Crippen molar-refractivity contribution in [1.82, 2.24) is 5.32 Å². The lowest BCUT2D eigenvalue weighted by atomic mass is 10.0. The van der Waals surface area contributed by atoms with E-state index in [0.29, 0.717) is 24.6 Å². The van der Waals surface area contributed by atoms with E-state index in [1.807, 2.05) is 24.3 Å². The van der Waals surface area contributed by atoms with Crippen LogP contribution in [-0.2, 0) is 11.2 Å². The van der Waals surface area contributed by atoms with Crippen LogP contribution in [0, 0.1) is 12.8 Å². The normalized spacial score (nSPS) is 18.9. The van der Waals surface area contributed by atoms with Crippen LogP contribution in [0.3, 0.4) is 0 Å². The number of aromatic hydroxyl groups is 1. The van der Waals surface area contributed by atoms with Crippen molar-refractivity contribution in [2.75, 3.05) is 13.7 Å². The van der Waals surface area contributed by atoms with Crippen molar-refractivity contribution in [3.8, 4) is 11.5 Å². The summed E-state index contributed by atoms with van der Waals surface area (Å²) in [6, 6.07) is 13.7. The van der Waals surface area contributed by atoms with E-state index in [4.69, 9.17) is 4.74 Å². The third-order valence-corrected chi connectivity index (χ3v) is 4.71. The van der Waals surface area contributed by atoms with Crippen LogP contribution >= 0.6 is 0 Å². The molecule has 2 atom stereocenters. The second kappa shape index (κ2) is 6.95. The number of phenolic OH excluding ortho intramolecular Hbond substituents is 1. The summed E-state index contributed by atoms with van der Waals surface area (Å²) in [6.45, 7) is 2.60. The molecule has 126 valence electrons. The van der Waals surface area contributed by atoms with Crippen molar-refractivity contribution in [2.45, 2.75) is 25.7 Å². The maximum atomic E-state index is 12.3. The first kappa shape index (κ1) is 16.4. The predicted molar refractivity (Wildman–Crippen MR) is 93.4 cm³/mol. The van der Waals surface area contributed by atoms with E-state index >= 15 is 0 Å². The van der Waals surface area contributed by atoms with Gasteiger partial charge < -0.3 is 15.2 Å². The molecule has 1 aliphatic rings. The molecular formula is C20H23NO3. The Morgan fingerprint density at radius 2 is 2.04 bits per heavy atom. The van der Waals surface area contributed by atoms with Gasteiger partial charge in [0.1, 0.15) is 0 Å². The molecule has 1 aliphatic carbocycles. The molecule has 0 saturated heterocycles. The van der Waals surface area contributed by atoms with E-state index < -0.39 is 0 Å². The SMILES string of the molecule is COc1cccc(CCNC(=O)[C@@H]2C[C@H]2c2ccccc2C)c1O. The molecule has 0 spiro atoms. The molecule has 4 nitrogen and oxygen atoms in total. The number of nitrogens with one attached hydrogen (secondary N) is 1. The molecular weight excluding hydrogens is 302 g/mol. The Morgan fingerprint density at radius 1 is 1.25 bits per heavy atom. The molecule has 2 aromatic rings. The number of rotatable bonds is 6. The molecule has 2 N–H and O–H groups in total. The minimum absolute atomic E-state index is 0.0741. The highest BCUT2D eigenvalue weighted by atomic mass is 16.5. The second-order valence-electron chi connectivity index (χ2n) is 6.31. The highest BCUT2D eigenvalue weighted by Gasteiger charge is 2.44. The summed E-state index contributed by atoms with van der Waals surface area (Å²) in [6.07, 6.45) is 1.50. The molecule has 24 heavy (non-hydrogen) atoms. The van der Waals surface area contributed by atoms with Gasteiger partial charge in [0, 0.05) is 12.5 Å². The molecule has 0 bridgehead atoms. The zero-order valence-corrected chi connectivity index (χ0v) is 14.1. The lowest BCUT2D eigenvalue weighted by molar-refractivity contribution is -0.122. The van der Waals surface area contributed by atoms with Gasteiger partial charge in [-0.1, -0.05) is 36.4 Å². The maximum Gasteiger partial charge on any atom is 0.223 e. The summed E-state index contributed by atoms with van der Waals surface area (Å²) in [7, 11) is 1.53. The largest absolute Gasteiger partial charge is 0.504 e. The Hall–Kier alpha value is -2.49. The van der Waals surface area contributed by atoms with Gasteiger partial charge in [0.15, 0.2) is 11.5 Å². The lowest BCUT2D eigenvalue weighted by Gasteiger charge is -2.10. The third-order valence-electron chi connectivity index (χ3n) is 4.71. The zero-order chi connectivity index (χ0) is 17.1. The number of ether oxygens (including phenoxy) is 1. The number of para-hydroxylation sites is 1. The van der Waals surface area contributed by atoms with Crippen LogP contribution in [0.4, 0.5) is 0 Å². The second-order valence-corrected chi connectivity index (χ2v) is 6.31. The number of hydrogen-bond donors (Lipinski definition) is 2. The Balaban J connectivity index is 1.52. The van der Waals surface area contributed by atoms with Gasteiger partial charge in [0.25, 0.3) is 0 Å².